The zero-order valence-electron chi connectivity index (χ0n) is 13.4. The highest BCUT2D eigenvalue weighted by Crippen LogP contribution is 2.33. The molecule has 0 aliphatic rings. The first-order valence-electron chi connectivity index (χ1n) is 6.98. The average molecular weight is 347 g/mol. The monoisotopic (exact) mass is 346 g/mol. The lowest BCUT2D eigenvalue weighted by atomic mass is 9.95. The van der Waals surface area contributed by atoms with Crippen molar-refractivity contribution in [1.82, 2.24) is 20.0 Å². The maximum absolute atomic E-state index is 5.68. The predicted molar refractivity (Wildman–Crippen MR) is 86.0 cm³/mol. The Bertz CT molecular complexity index is 417. The fourth-order valence-corrected chi connectivity index (χ4v) is 2.65. The van der Waals surface area contributed by atoms with Gasteiger partial charge in [0.15, 0.2) is 0 Å². The van der Waals surface area contributed by atoms with E-state index in [0.717, 1.165) is 29.8 Å². The molecule has 1 aromatic heterocycles. The second kappa shape index (κ2) is 7.54. The zero-order chi connectivity index (χ0) is 15.3. The zero-order valence-corrected chi connectivity index (χ0v) is 15.0. The van der Waals surface area contributed by atoms with E-state index in [1.165, 1.54) is 0 Å². The van der Waals surface area contributed by atoms with Crippen LogP contribution >= 0.6 is 15.9 Å². The predicted octanol–water partition coefficient (Wildman–Crippen LogP) is 2.28. The molecule has 1 heterocycles. The highest BCUT2D eigenvalue weighted by molar-refractivity contribution is 9.10. The third kappa shape index (κ3) is 4.28. The van der Waals surface area contributed by atoms with E-state index in [1.807, 2.05) is 6.20 Å². The summed E-state index contributed by atoms with van der Waals surface area (Å²) in [5.41, 5.74) is 0.828. The van der Waals surface area contributed by atoms with Crippen LogP contribution in [0, 0.1) is 0 Å². The maximum atomic E-state index is 5.68. The minimum absolute atomic E-state index is 0.0801. The van der Waals surface area contributed by atoms with Crippen LogP contribution in [0.15, 0.2) is 10.7 Å². The van der Waals surface area contributed by atoms with Crippen molar-refractivity contribution in [3.63, 3.8) is 0 Å². The van der Waals surface area contributed by atoms with Crippen LogP contribution in [0.4, 0.5) is 0 Å². The molecule has 116 valence electrons. The third-order valence-corrected chi connectivity index (χ3v) is 4.11. The van der Waals surface area contributed by atoms with E-state index in [4.69, 9.17) is 4.74 Å². The van der Waals surface area contributed by atoms with E-state index in [9.17, 15) is 0 Å². The topological polar surface area (TPSA) is 42.3 Å². The van der Waals surface area contributed by atoms with Crippen LogP contribution in [-0.4, -0.2) is 54.6 Å². The maximum Gasteiger partial charge on any atom is 0.0832 e. The fraction of sp³-hybridized carbons (Fsp3) is 0.786. The normalized spacial score (nSPS) is 14.0. The summed E-state index contributed by atoms with van der Waals surface area (Å²) in [4.78, 5) is 2.16. The van der Waals surface area contributed by atoms with Crippen LogP contribution < -0.4 is 5.32 Å². The van der Waals surface area contributed by atoms with Gasteiger partial charge in [0.25, 0.3) is 0 Å². The molecule has 20 heavy (non-hydrogen) atoms. The molecule has 5 nitrogen and oxygen atoms in total. The largest absolute Gasteiger partial charge is 0.377 e. The van der Waals surface area contributed by atoms with Crippen LogP contribution in [0.2, 0.25) is 0 Å². The molecule has 0 aliphatic carbocycles. The molecular formula is C14H27BrN4O. The molecule has 0 amide bonds. The molecule has 1 atom stereocenters. The van der Waals surface area contributed by atoms with Crippen molar-refractivity contribution in [2.75, 3.05) is 34.3 Å². The molecule has 0 saturated carbocycles. The van der Waals surface area contributed by atoms with Gasteiger partial charge in [-0.3, -0.25) is 4.68 Å². The van der Waals surface area contributed by atoms with Gasteiger partial charge in [-0.05, 0) is 50.4 Å². The van der Waals surface area contributed by atoms with Gasteiger partial charge in [0.2, 0.25) is 0 Å². The lowest BCUT2D eigenvalue weighted by molar-refractivity contribution is -0.0133. The number of rotatable bonds is 8. The van der Waals surface area contributed by atoms with Crippen molar-refractivity contribution < 1.29 is 4.74 Å². The molecule has 1 aromatic rings. The Labute approximate surface area is 130 Å². The first kappa shape index (κ1) is 17.6. The summed E-state index contributed by atoms with van der Waals surface area (Å²) >= 11 is 3.62. The Hall–Kier alpha value is -0.430. The summed E-state index contributed by atoms with van der Waals surface area (Å²) in [6, 6.07) is 0.0801. The van der Waals surface area contributed by atoms with E-state index < -0.39 is 0 Å². The third-order valence-electron chi connectivity index (χ3n) is 3.50. The van der Waals surface area contributed by atoms with E-state index >= 15 is 0 Å². The van der Waals surface area contributed by atoms with Gasteiger partial charge in [-0.2, -0.15) is 5.10 Å². The van der Waals surface area contributed by atoms with Crippen molar-refractivity contribution in [3.05, 3.63) is 16.4 Å². The first-order valence-corrected chi connectivity index (χ1v) is 7.77. The van der Waals surface area contributed by atoms with Gasteiger partial charge in [0.05, 0.1) is 34.6 Å². The number of aromatic nitrogens is 2. The van der Waals surface area contributed by atoms with Crippen molar-refractivity contribution in [2.45, 2.75) is 39.0 Å². The van der Waals surface area contributed by atoms with Gasteiger partial charge in [-0.15, -0.1) is 0 Å². The molecule has 1 N–H and O–H groups in total. The second-order valence-corrected chi connectivity index (χ2v) is 6.56. The molecule has 1 rings (SSSR count). The van der Waals surface area contributed by atoms with Gasteiger partial charge >= 0.3 is 0 Å². The Morgan fingerprint density at radius 1 is 1.50 bits per heavy atom. The van der Waals surface area contributed by atoms with Crippen molar-refractivity contribution >= 4 is 15.9 Å². The van der Waals surface area contributed by atoms with Crippen molar-refractivity contribution in [2.24, 2.45) is 0 Å². The van der Waals surface area contributed by atoms with E-state index in [0.29, 0.717) is 0 Å². The van der Waals surface area contributed by atoms with Gasteiger partial charge in [0, 0.05) is 13.7 Å². The summed E-state index contributed by atoms with van der Waals surface area (Å²) < 4.78 is 8.75. The number of ether oxygens (including phenoxy) is 1. The molecular weight excluding hydrogens is 320 g/mol. The highest BCUT2D eigenvalue weighted by Gasteiger charge is 2.34. The lowest BCUT2D eigenvalue weighted by Gasteiger charge is -2.34. The number of halogens is 1. The Morgan fingerprint density at radius 3 is 2.65 bits per heavy atom. The standard InChI is InChI=1S/C14H27BrN4O/c1-7-16-13(14(2,3)20-6)12-11(15)10-17-19(12)9-8-18(4)5/h10,13,16H,7-9H2,1-6H3. The van der Waals surface area contributed by atoms with Gasteiger partial charge in [0.1, 0.15) is 0 Å². The molecule has 0 bridgehead atoms. The van der Waals surface area contributed by atoms with Crippen molar-refractivity contribution in [3.8, 4) is 0 Å². The number of hydrogen-bond acceptors (Lipinski definition) is 4. The number of likely N-dealkylation sites (N-methyl/N-ethyl adjacent to an activating group) is 2. The molecule has 0 radical (unpaired) electrons. The fourth-order valence-electron chi connectivity index (χ4n) is 2.13. The highest BCUT2D eigenvalue weighted by atomic mass is 79.9. The van der Waals surface area contributed by atoms with E-state index in [-0.39, 0.29) is 11.6 Å². The van der Waals surface area contributed by atoms with Crippen LogP contribution in [0.1, 0.15) is 32.5 Å². The SMILES string of the molecule is CCNC(c1c(Br)cnn1CCN(C)C)C(C)(C)OC. The number of hydrogen-bond donors (Lipinski definition) is 1. The molecule has 6 heteroatoms. The summed E-state index contributed by atoms with van der Waals surface area (Å²) in [7, 11) is 5.89. The minimum Gasteiger partial charge on any atom is -0.377 e. The molecule has 0 saturated heterocycles. The second-order valence-electron chi connectivity index (χ2n) is 5.70. The van der Waals surface area contributed by atoms with Crippen LogP contribution in [0.3, 0.4) is 0 Å². The molecule has 0 spiro atoms. The van der Waals surface area contributed by atoms with Crippen LogP contribution in [-0.2, 0) is 11.3 Å². The number of nitrogens with one attached hydrogen (secondary N) is 1. The van der Waals surface area contributed by atoms with Gasteiger partial charge in [-0.25, -0.2) is 0 Å². The quantitative estimate of drug-likeness (QED) is 0.784. The molecule has 0 aromatic carbocycles. The molecule has 0 fully saturated rings. The van der Waals surface area contributed by atoms with E-state index in [1.54, 1.807) is 7.11 Å². The smallest absolute Gasteiger partial charge is 0.0832 e. The summed E-state index contributed by atoms with van der Waals surface area (Å²) in [6.07, 6.45) is 1.86. The summed E-state index contributed by atoms with van der Waals surface area (Å²) in [5.74, 6) is 0. The number of nitrogens with zero attached hydrogens (tertiary/aromatic N) is 3. The Morgan fingerprint density at radius 2 is 2.15 bits per heavy atom. The lowest BCUT2D eigenvalue weighted by Crippen LogP contribution is -2.42. The first-order chi connectivity index (χ1) is 9.33. The Kier molecular flexibility index (Phi) is 6.64. The van der Waals surface area contributed by atoms with Gasteiger partial charge in [-0.1, -0.05) is 6.92 Å². The van der Waals surface area contributed by atoms with Gasteiger partial charge < -0.3 is 15.0 Å². The number of methoxy groups -OCH3 is 1. The minimum atomic E-state index is -0.311. The van der Waals surface area contributed by atoms with Crippen LogP contribution in [0.5, 0.6) is 0 Å². The average Bonchev–Trinajstić information content (AvgIpc) is 2.74. The Balaban J connectivity index is 3.09. The van der Waals surface area contributed by atoms with Crippen LogP contribution in [0.25, 0.3) is 0 Å². The summed E-state index contributed by atoms with van der Waals surface area (Å²) in [5, 5.41) is 8.00. The van der Waals surface area contributed by atoms with Crippen molar-refractivity contribution in [1.29, 1.82) is 0 Å². The summed E-state index contributed by atoms with van der Waals surface area (Å²) in [6.45, 7) is 8.98. The molecule has 1 unspecified atom stereocenters. The molecule has 0 aliphatic heterocycles. The van der Waals surface area contributed by atoms with E-state index in [2.05, 4.69) is 70.8 Å².